The summed E-state index contributed by atoms with van der Waals surface area (Å²) in [6.45, 7) is 1.79. The number of hydrogen-bond acceptors (Lipinski definition) is 2. The molecule has 13 heavy (non-hydrogen) atoms. The second kappa shape index (κ2) is 4.11. The van der Waals surface area contributed by atoms with Crippen LogP contribution in [0.5, 0.6) is 0 Å². The zero-order valence-corrected chi connectivity index (χ0v) is 9.45. The highest BCUT2D eigenvalue weighted by atomic mass is 79.9. The molecule has 0 fully saturated rings. The van der Waals surface area contributed by atoms with Crippen LogP contribution in [0.25, 0.3) is 0 Å². The molecule has 0 unspecified atom stereocenters. The van der Waals surface area contributed by atoms with Crippen molar-refractivity contribution in [3.63, 3.8) is 0 Å². The van der Waals surface area contributed by atoms with Crippen molar-refractivity contribution in [2.75, 3.05) is 11.1 Å². The minimum atomic E-state index is -0.0465. The average Bonchev–Trinajstić information content (AvgIpc) is 2.12. The smallest absolute Gasteiger partial charge is 0.175 e. The number of benzene rings is 1. The Labute approximate surface area is 90.2 Å². The van der Waals surface area contributed by atoms with Gasteiger partial charge in [0, 0.05) is 11.3 Å². The van der Waals surface area contributed by atoms with Gasteiger partial charge in [-0.2, -0.15) is 0 Å². The van der Waals surface area contributed by atoms with Crippen LogP contribution in [0.15, 0.2) is 12.1 Å². The van der Waals surface area contributed by atoms with Crippen molar-refractivity contribution in [2.45, 2.75) is 6.92 Å². The Kier molecular flexibility index (Phi) is 3.33. The molecule has 70 valence electrons. The number of hydrogen-bond donors (Lipinski definition) is 1. The maximum Gasteiger partial charge on any atom is 0.175 e. The summed E-state index contributed by atoms with van der Waals surface area (Å²) in [4.78, 5) is 11.4. The number of carbonyl (C=O) groups excluding carboxylic acids is 1. The molecule has 0 spiro atoms. The van der Waals surface area contributed by atoms with E-state index in [0.717, 1.165) is 5.56 Å². The highest BCUT2D eigenvalue weighted by molar-refractivity contribution is 9.09. The second-order valence-corrected chi connectivity index (χ2v) is 3.66. The predicted octanol–water partition coefficient (Wildman–Crippen LogP) is 2.81. The van der Waals surface area contributed by atoms with Crippen LogP contribution in [0.1, 0.15) is 15.9 Å². The number of anilines is 1. The highest BCUT2D eigenvalue weighted by Crippen LogP contribution is 2.25. The van der Waals surface area contributed by atoms with Crippen molar-refractivity contribution in [2.24, 2.45) is 0 Å². The first kappa shape index (κ1) is 10.5. The minimum Gasteiger partial charge on any atom is -0.398 e. The largest absolute Gasteiger partial charge is 0.398 e. The van der Waals surface area contributed by atoms with Crippen molar-refractivity contribution < 1.29 is 4.79 Å². The number of carbonyl (C=O) groups is 1. The van der Waals surface area contributed by atoms with E-state index < -0.39 is 0 Å². The molecule has 0 bridgehead atoms. The summed E-state index contributed by atoms with van der Waals surface area (Å²) in [5.41, 5.74) is 7.51. The monoisotopic (exact) mass is 261 g/mol. The van der Waals surface area contributed by atoms with Crippen LogP contribution >= 0.6 is 27.5 Å². The lowest BCUT2D eigenvalue weighted by Gasteiger charge is -2.07. The van der Waals surface area contributed by atoms with Crippen molar-refractivity contribution >= 4 is 39.0 Å². The normalized spacial score (nSPS) is 10.1. The van der Waals surface area contributed by atoms with Gasteiger partial charge in [0.1, 0.15) is 0 Å². The second-order valence-electron chi connectivity index (χ2n) is 2.69. The van der Waals surface area contributed by atoms with Crippen molar-refractivity contribution in [1.82, 2.24) is 0 Å². The van der Waals surface area contributed by atoms with Gasteiger partial charge in [-0.3, -0.25) is 4.79 Å². The van der Waals surface area contributed by atoms with E-state index in [1.807, 2.05) is 0 Å². The molecule has 1 rings (SSSR count). The minimum absolute atomic E-state index is 0.0465. The van der Waals surface area contributed by atoms with Gasteiger partial charge in [-0.25, -0.2) is 0 Å². The number of nitrogens with two attached hydrogens (primary N) is 1. The topological polar surface area (TPSA) is 43.1 Å². The standard InChI is InChI=1S/C9H9BrClNO/c1-5-7(12)3-2-6(11)9(5)8(13)4-10/h2-3H,4,12H2,1H3. The third-order valence-corrected chi connectivity index (χ3v) is 2.68. The molecule has 0 aliphatic rings. The highest BCUT2D eigenvalue weighted by Gasteiger charge is 2.13. The Bertz CT molecular complexity index is 352. The molecule has 0 radical (unpaired) electrons. The lowest BCUT2D eigenvalue weighted by Crippen LogP contribution is -2.06. The molecule has 0 aliphatic heterocycles. The van der Waals surface area contributed by atoms with E-state index in [9.17, 15) is 4.79 Å². The Morgan fingerprint density at radius 3 is 2.77 bits per heavy atom. The quantitative estimate of drug-likeness (QED) is 0.506. The van der Waals surface area contributed by atoms with Gasteiger partial charge in [0.2, 0.25) is 0 Å². The van der Waals surface area contributed by atoms with Crippen molar-refractivity contribution in [3.05, 3.63) is 28.3 Å². The molecular formula is C9H9BrClNO. The molecule has 0 aliphatic carbocycles. The predicted molar refractivity (Wildman–Crippen MR) is 58.7 cm³/mol. The number of alkyl halides is 1. The fourth-order valence-corrected chi connectivity index (χ4v) is 1.69. The fraction of sp³-hybridized carbons (Fsp3) is 0.222. The van der Waals surface area contributed by atoms with E-state index in [2.05, 4.69) is 15.9 Å². The van der Waals surface area contributed by atoms with Crippen LogP contribution in [0, 0.1) is 6.92 Å². The van der Waals surface area contributed by atoms with E-state index in [-0.39, 0.29) is 11.1 Å². The number of Topliss-reactive ketones (excluding diaryl/α,β-unsaturated/α-hetero) is 1. The van der Waals surface area contributed by atoms with E-state index in [1.165, 1.54) is 0 Å². The molecule has 1 aromatic carbocycles. The zero-order chi connectivity index (χ0) is 10.0. The van der Waals surface area contributed by atoms with Crippen molar-refractivity contribution in [1.29, 1.82) is 0 Å². The number of halogens is 2. The number of ketones is 1. The van der Waals surface area contributed by atoms with Crippen LogP contribution in [0.4, 0.5) is 5.69 Å². The summed E-state index contributed by atoms with van der Waals surface area (Å²) in [6, 6.07) is 3.34. The van der Waals surface area contributed by atoms with Gasteiger partial charge < -0.3 is 5.73 Å². The van der Waals surface area contributed by atoms with Crippen LogP contribution < -0.4 is 5.73 Å². The van der Waals surface area contributed by atoms with Crippen LogP contribution in [0.2, 0.25) is 5.02 Å². The molecule has 2 N–H and O–H groups in total. The molecule has 0 saturated heterocycles. The number of nitrogen functional groups attached to an aromatic ring is 1. The van der Waals surface area contributed by atoms with E-state index in [1.54, 1.807) is 19.1 Å². The first-order valence-corrected chi connectivity index (χ1v) is 5.21. The lowest BCUT2D eigenvalue weighted by atomic mass is 10.0. The molecule has 0 saturated carbocycles. The summed E-state index contributed by atoms with van der Waals surface area (Å²) < 4.78 is 0. The molecule has 0 amide bonds. The third-order valence-electron chi connectivity index (χ3n) is 1.86. The lowest BCUT2D eigenvalue weighted by molar-refractivity contribution is 0.102. The van der Waals surface area contributed by atoms with E-state index in [4.69, 9.17) is 17.3 Å². The SMILES string of the molecule is Cc1c(N)ccc(Cl)c1C(=O)CBr. The molecule has 0 aromatic heterocycles. The molecule has 0 atom stereocenters. The molecule has 2 nitrogen and oxygen atoms in total. The number of rotatable bonds is 2. The molecule has 0 heterocycles. The van der Waals surface area contributed by atoms with Gasteiger partial charge in [-0.15, -0.1) is 0 Å². The van der Waals surface area contributed by atoms with E-state index >= 15 is 0 Å². The molecular weight excluding hydrogens is 253 g/mol. The van der Waals surface area contributed by atoms with Gasteiger partial charge in [-0.1, -0.05) is 27.5 Å². The van der Waals surface area contributed by atoms with Crippen LogP contribution in [0.3, 0.4) is 0 Å². The summed E-state index contributed by atoms with van der Waals surface area (Å²) in [5, 5.41) is 0.716. The Morgan fingerprint density at radius 2 is 2.23 bits per heavy atom. The summed E-state index contributed by atoms with van der Waals surface area (Å²) in [5.74, 6) is -0.0465. The van der Waals surface area contributed by atoms with Gasteiger partial charge in [0.25, 0.3) is 0 Å². The van der Waals surface area contributed by atoms with Gasteiger partial charge in [-0.05, 0) is 24.6 Å². The van der Waals surface area contributed by atoms with Crippen molar-refractivity contribution in [3.8, 4) is 0 Å². The van der Waals surface area contributed by atoms with Crippen LogP contribution in [-0.2, 0) is 0 Å². The van der Waals surface area contributed by atoms with Gasteiger partial charge in [0.05, 0.1) is 10.4 Å². The van der Waals surface area contributed by atoms with E-state index in [0.29, 0.717) is 16.3 Å². The van der Waals surface area contributed by atoms with Crippen LogP contribution in [-0.4, -0.2) is 11.1 Å². The average molecular weight is 263 g/mol. The Morgan fingerprint density at radius 1 is 1.62 bits per heavy atom. The summed E-state index contributed by atoms with van der Waals surface area (Å²) >= 11 is 8.97. The van der Waals surface area contributed by atoms with Gasteiger partial charge in [0.15, 0.2) is 5.78 Å². The first-order chi connectivity index (χ1) is 6.07. The Hall–Kier alpha value is -0.540. The Balaban J connectivity index is 3.33. The fourth-order valence-electron chi connectivity index (χ4n) is 1.10. The zero-order valence-electron chi connectivity index (χ0n) is 7.10. The molecule has 1 aromatic rings. The maximum atomic E-state index is 11.4. The maximum absolute atomic E-state index is 11.4. The first-order valence-electron chi connectivity index (χ1n) is 3.71. The third kappa shape index (κ3) is 2.03. The molecule has 4 heteroatoms. The van der Waals surface area contributed by atoms with Gasteiger partial charge >= 0.3 is 0 Å². The summed E-state index contributed by atoms with van der Waals surface area (Å²) in [7, 11) is 0. The summed E-state index contributed by atoms with van der Waals surface area (Å²) in [6.07, 6.45) is 0.